The first-order chi connectivity index (χ1) is 12.5. The van der Waals surface area contributed by atoms with Crippen LogP contribution >= 0.6 is 31.9 Å². The number of carbonyl (C=O) groups is 1. The summed E-state index contributed by atoms with van der Waals surface area (Å²) in [5.41, 5.74) is 0.459. The monoisotopic (exact) mass is 476 g/mol. The molecule has 5 heteroatoms. The summed E-state index contributed by atoms with van der Waals surface area (Å²) in [6.45, 7) is 4.79. The van der Waals surface area contributed by atoms with E-state index in [1.165, 1.54) is 0 Å². The molecule has 3 aromatic rings. The van der Waals surface area contributed by atoms with Crippen molar-refractivity contribution in [3.8, 4) is 11.5 Å². The SMILES string of the molecule is CC(C)COc1ccc(C(=O)Oc2ccc(Br)c3ccccc23)cc1Br. The molecule has 0 atom stereocenters. The summed E-state index contributed by atoms with van der Waals surface area (Å²) in [5.74, 6) is 1.26. The Morgan fingerprint density at radius 3 is 2.31 bits per heavy atom. The van der Waals surface area contributed by atoms with Gasteiger partial charge in [0.05, 0.1) is 16.6 Å². The Balaban J connectivity index is 1.83. The Morgan fingerprint density at radius 2 is 1.62 bits per heavy atom. The van der Waals surface area contributed by atoms with E-state index in [9.17, 15) is 4.79 Å². The summed E-state index contributed by atoms with van der Waals surface area (Å²) < 4.78 is 13.0. The molecule has 0 spiro atoms. The van der Waals surface area contributed by atoms with Crippen LogP contribution in [0.2, 0.25) is 0 Å². The zero-order chi connectivity index (χ0) is 18.7. The van der Waals surface area contributed by atoms with Crippen LogP contribution in [0.4, 0.5) is 0 Å². The molecule has 0 fully saturated rings. The van der Waals surface area contributed by atoms with Crippen molar-refractivity contribution in [2.75, 3.05) is 6.61 Å². The Morgan fingerprint density at radius 1 is 0.923 bits per heavy atom. The van der Waals surface area contributed by atoms with Gasteiger partial charge in [0.1, 0.15) is 11.5 Å². The van der Waals surface area contributed by atoms with Gasteiger partial charge < -0.3 is 9.47 Å². The highest BCUT2D eigenvalue weighted by atomic mass is 79.9. The molecule has 0 bridgehead atoms. The summed E-state index contributed by atoms with van der Waals surface area (Å²) >= 11 is 6.99. The number of fused-ring (bicyclic) bond motifs is 1. The number of ether oxygens (including phenoxy) is 2. The molecule has 134 valence electrons. The highest BCUT2D eigenvalue weighted by Gasteiger charge is 2.14. The fraction of sp³-hybridized carbons (Fsp3) is 0.190. The number of benzene rings is 3. The largest absolute Gasteiger partial charge is 0.492 e. The number of rotatable bonds is 5. The lowest BCUT2D eigenvalue weighted by molar-refractivity contribution is 0.0737. The van der Waals surface area contributed by atoms with E-state index in [4.69, 9.17) is 9.47 Å². The van der Waals surface area contributed by atoms with Gasteiger partial charge in [-0.05, 0) is 57.6 Å². The maximum absolute atomic E-state index is 12.6. The first-order valence-corrected chi connectivity index (χ1v) is 9.86. The number of esters is 1. The molecule has 3 rings (SSSR count). The van der Waals surface area contributed by atoms with E-state index in [-0.39, 0.29) is 0 Å². The highest BCUT2D eigenvalue weighted by molar-refractivity contribution is 9.11. The molecule has 0 heterocycles. The minimum Gasteiger partial charge on any atom is -0.492 e. The molecule has 0 unspecified atom stereocenters. The van der Waals surface area contributed by atoms with Crippen LogP contribution in [0.1, 0.15) is 24.2 Å². The second-order valence-corrected chi connectivity index (χ2v) is 8.04. The fourth-order valence-corrected chi connectivity index (χ4v) is 3.45. The van der Waals surface area contributed by atoms with Crippen molar-refractivity contribution >= 4 is 48.6 Å². The van der Waals surface area contributed by atoms with Crippen molar-refractivity contribution in [3.05, 3.63) is 69.1 Å². The third-order valence-corrected chi connectivity index (χ3v) is 5.08. The molecule has 0 saturated carbocycles. The van der Waals surface area contributed by atoms with Gasteiger partial charge in [0.15, 0.2) is 0 Å². The summed E-state index contributed by atoms with van der Waals surface area (Å²) in [7, 11) is 0. The van der Waals surface area contributed by atoms with Crippen molar-refractivity contribution in [2.24, 2.45) is 5.92 Å². The lowest BCUT2D eigenvalue weighted by Crippen LogP contribution is -2.10. The Hall–Kier alpha value is -1.85. The first kappa shape index (κ1) is 18.9. The zero-order valence-electron chi connectivity index (χ0n) is 14.5. The summed E-state index contributed by atoms with van der Waals surface area (Å²) in [4.78, 5) is 12.6. The van der Waals surface area contributed by atoms with E-state index in [1.807, 2.05) is 30.3 Å². The molecule has 26 heavy (non-hydrogen) atoms. The molecule has 0 aliphatic carbocycles. The van der Waals surface area contributed by atoms with Crippen LogP contribution in [0.5, 0.6) is 11.5 Å². The van der Waals surface area contributed by atoms with E-state index in [1.54, 1.807) is 24.3 Å². The summed E-state index contributed by atoms with van der Waals surface area (Å²) in [5, 5.41) is 1.88. The first-order valence-electron chi connectivity index (χ1n) is 8.27. The zero-order valence-corrected chi connectivity index (χ0v) is 17.6. The Labute approximate surface area is 169 Å². The molecule has 3 aromatic carbocycles. The van der Waals surface area contributed by atoms with Crippen molar-refractivity contribution in [1.29, 1.82) is 0 Å². The minimum atomic E-state index is -0.409. The van der Waals surface area contributed by atoms with Gasteiger partial charge in [0.2, 0.25) is 0 Å². The normalized spacial score (nSPS) is 11.0. The molecule has 0 amide bonds. The second-order valence-electron chi connectivity index (χ2n) is 6.33. The molecular formula is C21H18Br2O3. The maximum atomic E-state index is 12.6. The predicted molar refractivity (Wildman–Crippen MR) is 111 cm³/mol. The van der Waals surface area contributed by atoms with Crippen LogP contribution in [0.15, 0.2) is 63.5 Å². The summed E-state index contributed by atoms with van der Waals surface area (Å²) in [6, 6.07) is 16.7. The van der Waals surface area contributed by atoms with E-state index in [0.29, 0.717) is 29.6 Å². The van der Waals surface area contributed by atoms with Gasteiger partial charge in [-0.2, -0.15) is 0 Å². The van der Waals surface area contributed by atoms with Crippen LogP contribution in [-0.4, -0.2) is 12.6 Å². The molecular weight excluding hydrogens is 460 g/mol. The van der Waals surface area contributed by atoms with Gasteiger partial charge >= 0.3 is 5.97 Å². The lowest BCUT2D eigenvalue weighted by Gasteiger charge is -2.12. The molecule has 0 aliphatic rings. The third-order valence-electron chi connectivity index (χ3n) is 3.77. The van der Waals surface area contributed by atoms with Crippen LogP contribution in [0.3, 0.4) is 0 Å². The van der Waals surface area contributed by atoms with E-state index >= 15 is 0 Å². The number of hydrogen-bond acceptors (Lipinski definition) is 3. The quantitative estimate of drug-likeness (QED) is 0.306. The molecule has 3 nitrogen and oxygen atoms in total. The standard InChI is InChI=1S/C21H18Br2O3/c1-13(2)12-25-20-9-7-14(11-18(20)23)21(24)26-19-10-8-17(22)15-5-3-4-6-16(15)19/h3-11,13H,12H2,1-2H3. The number of hydrogen-bond donors (Lipinski definition) is 0. The van der Waals surface area contributed by atoms with Gasteiger partial charge in [-0.15, -0.1) is 0 Å². The smallest absolute Gasteiger partial charge is 0.343 e. The molecule has 0 aromatic heterocycles. The van der Waals surface area contributed by atoms with E-state index < -0.39 is 5.97 Å². The van der Waals surface area contributed by atoms with Crippen LogP contribution in [-0.2, 0) is 0 Å². The highest BCUT2D eigenvalue weighted by Crippen LogP contribution is 2.32. The van der Waals surface area contributed by atoms with Gasteiger partial charge in [-0.3, -0.25) is 0 Å². The van der Waals surface area contributed by atoms with Gasteiger partial charge in [-0.25, -0.2) is 4.79 Å². The van der Waals surface area contributed by atoms with Crippen molar-refractivity contribution < 1.29 is 14.3 Å². The van der Waals surface area contributed by atoms with Crippen LogP contribution in [0, 0.1) is 5.92 Å². The lowest BCUT2D eigenvalue weighted by atomic mass is 10.1. The third kappa shape index (κ3) is 4.27. The summed E-state index contributed by atoms with van der Waals surface area (Å²) in [6.07, 6.45) is 0. The fourth-order valence-electron chi connectivity index (χ4n) is 2.48. The van der Waals surface area contributed by atoms with Gasteiger partial charge in [0, 0.05) is 9.86 Å². The van der Waals surface area contributed by atoms with Crippen molar-refractivity contribution in [1.82, 2.24) is 0 Å². The average Bonchev–Trinajstić information content (AvgIpc) is 2.63. The number of carbonyl (C=O) groups excluding carboxylic acids is 1. The van der Waals surface area contributed by atoms with Crippen LogP contribution < -0.4 is 9.47 Å². The van der Waals surface area contributed by atoms with E-state index in [2.05, 4.69) is 45.7 Å². The topological polar surface area (TPSA) is 35.5 Å². The maximum Gasteiger partial charge on any atom is 0.343 e. The molecule has 0 N–H and O–H groups in total. The second kappa shape index (κ2) is 8.23. The van der Waals surface area contributed by atoms with Crippen molar-refractivity contribution in [3.63, 3.8) is 0 Å². The number of halogens is 2. The molecule has 0 aliphatic heterocycles. The Kier molecular flexibility index (Phi) is 5.99. The minimum absolute atomic E-state index is 0.409. The van der Waals surface area contributed by atoms with Gasteiger partial charge in [-0.1, -0.05) is 54.0 Å². The average molecular weight is 478 g/mol. The van der Waals surface area contributed by atoms with Crippen LogP contribution in [0.25, 0.3) is 10.8 Å². The Bertz CT molecular complexity index is 951. The predicted octanol–water partition coefficient (Wildman–Crippen LogP) is 6.62. The van der Waals surface area contributed by atoms with Gasteiger partial charge in [0.25, 0.3) is 0 Å². The van der Waals surface area contributed by atoms with E-state index in [0.717, 1.165) is 19.7 Å². The molecule has 0 radical (unpaired) electrons. The van der Waals surface area contributed by atoms with Crippen molar-refractivity contribution in [2.45, 2.75) is 13.8 Å². The molecule has 0 saturated heterocycles.